The molecule has 0 radical (unpaired) electrons. The predicted molar refractivity (Wildman–Crippen MR) is 84.3 cm³/mol. The third-order valence-electron chi connectivity index (χ3n) is 4.30. The quantitative estimate of drug-likeness (QED) is 0.892. The first-order valence-corrected chi connectivity index (χ1v) is 7.51. The molecule has 1 N–H and O–H groups in total. The summed E-state index contributed by atoms with van der Waals surface area (Å²) in [5, 5.41) is 3.13. The minimum Gasteiger partial charge on any atom is -0.387 e. The van der Waals surface area contributed by atoms with Gasteiger partial charge in [-0.25, -0.2) is 0 Å². The monoisotopic (exact) mass is 274 g/mol. The van der Waals surface area contributed by atoms with Crippen molar-refractivity contribution < 1.29 is 4.79 Å². The van der Waals surface area contributed by atoms with Crippen LogP contribution in [0.3, 0.4) is 0 Å². The Morgan fingerprint density at radius 2 is 2.00 bits per heavy atom. The number of nitrogens with one attached hydrogen (secondary N) is 1. The van der Waals surface area contributed by atoms with E-state index in [4.69, 9.17) is 0 Å². The van der Waals surface area contributed by atoms with Gasteiger partial charge in [-0.15, -0.1) is 0 Å². The summed E-state index contributed by atoms with van der Waals surface area (Å²) in [5.41, 5.74) is 3.20. The standard InChI is InChI=1S/C17H26N2O/c1-13-6-7-15(18-4)14(12-13)16(20)19-10-5-8-17(2,3)9-11-19/h6-7,12,18H,5,8-11H2,1-4H3. The van der Waals surface area contributed by atoms with Crippen LogP contribution in [0.25, 0.3) is 0 Å². The topological polar surface area (TPSA) is 32.3 Å². The number of carbonyl (C=O) groups excluding carboxylic acids is 1. The fourth-order valence-electron chi connectivity index (χ4n) is 2.85. The molecule has 2 rings (SSSR count). The van der Waals surface area contributed by atoms with Gasteiger partial charge in [0, 0.05) is 25.8 Å². The molecule has 0 aromatic heterocycles. The van der Waals surface area contributed by atoms with Crippen molar-refractivity contribution in [2.45, 2.75) is 40.0 Å². The lowest BCUT2D eigenvalue weighted by molar-refractivity contribution is 0.0758. The van der Waals surface area contributed by atoms with Gasteiger partial charge in [-0.05, 0) is 43.7 Å². The van der Waals surface area contributed by atoms with Crippen molar-refractivity contribution in [3.05, 3.63) is 29.3 Å². The minimum absolute atomic E-state index is 0.163. The molecule has 1 aromatic rings. The maximum Gasteiger partial charge on any atom is 0.255 e. The van der Waals surface area contributed by atoms with Crippen LogP contribution in [0.15, 0.2) is 18.2 Å². The molecule has 0 bridgehead atoms. The molecule has 1 aromatic carbocycles. The van der Waals surface area contributed by atoms with Crippen LogP contribution in [0.4, 0.5) is 5.69 Å². The molecule has 3 heteroatoms. The zero-order chi connectivity index (χ0) is 14.8. The molecule has 0 saturated carbocycles. The van der Waals surface area contributed by atoms with Gasteiger partial charge in [-0.3, -0.25) is 4.79 Å². The number of likely N-dealkylation sites (tertiary alicyclic amines) is 1. The van der Waals surface area contributed by atoms with E-state index in [-0.39, 0.29) is 5.91 Å². The van der Waals surface area contributed by atoms with Gasteiger partial charge in [0.15, 0.2) is 0 Å². The predicted octanol–water partition coefficient (Wildman–Crippen LogP) is 3.69. The van der Waals surface area contributed by atoms with Crippen molar-refractivity contribution in [2.24, 2.45) is 5.41 Å². The number of nitrogens with zero attached hydrogens (tertiary/aromatic N) is 1. The Morgan fingerprint density at radius 3 is 2.70 bits per heavy atom. The summed E-state index contributed by atoms with van der Waals surface area (Å²) in [7, 11) is 1.87. The van der Waals surface area contributed by atoms with E-state index in [0.717, 1.165) is 42.7 Å². The second-order valence-corrected chi connectivity index (χ2v) is 6.61. The summed E-state index contributed by atoms with van der Waals surface area (Å²) >= 11 is 0. The van der Waals surface area contributed by atoms with Crippen LogP contribution in [0.2, 0.25) is 0 Å². The van der Waals surface area contributed by atoms with Crippen LogP contribution >= 0.6 is 0 Å². The number of benzene rings is 1. The summed E-state index contributed by atoms with van der Waals surface area (Å²) in [4.78, 5) is 14.8. The Balaban J connectivity index is 2.21. The molecule has 1 amide bonds. The van der Waals surface area contributed by atoms with Gasteiger partial charge in [-0.1, -0.05) is 25.5 Å². The van der Waals surface area contributed by atoms with Gasteiger partial charge in [0.25, 0.3) is 5.91 Å². The minimum atomic E-state index is 0.163. The highest BCUT2D eigenvalue weighted by Gasteiger charge is 2.26. The number of carbonyl (C=O) groups is 1. The Hall–Kier alpha value is -1.51. The maximum atomic E-state index is 12.8. The van der Waals surface area contributed by atoms with Crippen LogP contribution in [-0.2, 0) is 0 Å². The molecule has 0 atom stereocenters. The normalized spacial score (nSPS) is 18.5. The molecule has 3 nitrogen and oxygen atoms in total. The van der Waals surface area contributed by atoms with Gasteiger partial charge >= 0.3 is 0 Å². The van der Waals surface area contributed by atoms with Crippen LogP contribution in [0.5, 0.6) is 0 Å². The summed E-state index contributed by atoms with van der Waals surface area (Å²) in [6.07, 6.45) is 3.38. The van der Waals surface area contributed by atoms with Gasteiger partial charge in [0.1, 0.15) is 0 Å². The average Bonchev–Trinajstić information content (AvgIpc) is 2.59. The fraction of sp³-hybridized carbons (Fsp3) is 0.588. The lowest BCUT2D eigenvalue weighted by atomic mass is 9.85. The van der Waals surface area contributed by atoms with E-state index in [1.165, 1.54) is 6.42 Å². The Bertz CT molecular complexity index is 494. The third kappa shape index (κ3) is 3.33. The van der Waals surface area contributed by atoms with E-state index in [1.807, 2.05) is 37.1 Å². The fourth-order valence-corrected chi connectivity index (χ4v) is 2.85. The Morgan fingerprint density at radius 1 is 1.25 bits per heavy atom. The van der Waals surface area contributed by atoms with Crippen LogP contribution in [-0.4, -0.2) is 30.9 Å². The molecular formula is C17H26N2O. The molecule has 20 heavy (non-hydrogen) atoms. The SMILES string of the molecule is CNc1ccc(C)cc1C(=O)N1CCCC(C)(C)CC1. The summed E-state index contributed by atoms with van der Waals surface area (Å²) in [6.45, 7) is 8.36. The Kier molecular flexibility index (Phi) is 4.36. The maximum absolute atomic E-state index is 12.8. The smallest absolute Gasteiger partial charge is 0.255 e. The molecule has 1 fully saturated rings. The van der Waals surface area contributed by atoms with Gasteiger partial charge < -0.3 is 10.2 Å². The molecule has 0 unspecified atom stereocenters. The highest BCUT2D eigenvalue weighted by Crippen LogP contribution is 2.30. The zero-order valence-corrected chi connectivity index (χ0v) is 13.1. The average molecular weight is 274 g/mol. The van der Waals surface area contributed by atoms with E-state index in [1.54, 1.807) is 0 Å². The van der Waals surface area contributed by atoms with Crippen LogP contribution in [0, 0.1) is 12.3 Å². The number of hydrogen-bond acceptors (Lipinski definition) is 2. The molecule has 0 spiro atoms. The summed E-state index contributed by atoms with van der Waals surface area (Å²) in [6, 6.07) is 6.02. The molecular weight excluding hydrogens is 248 g/mol. The molecule has 110 valence electrons. The molecule has 0 aliphatic carbocycles. The van der Waals surface area contributed by atoms with E-state index < -0.39 is 0 Å². The lowest BCUT2D eigenvalue weighted by Gasteiger charge is -2.24. The van der Waals surface area contributed by atoms with Crippen molar-refractivity contribution in [1.29, 1.82) is 0 Å². The van der Waals surface area contributed by atoms with Crippen LogP contribution in [0.1, 0.15) is 49.0 Å². The first kappa shape index (κ1) is 14.9. The van der Waals surface area contributed by atoms with Crippen molar-refractivity contribution in [2.75, 3.05) is 25.5 Å². The summed E-state index contributed by atoms with van der Waals surface area (Å²) in [5.74, 6) is 0.163. The molecule has 1 aliphatic heterocycles. The molecule has 1 saturated heterocycles. The van der Waals surface area contributed by atoms with Crippen LogP contribution < -0.4 is 5.32 Å². The van der Waals surface area contributed by atoms with Crippen molar-refractivity contribution in [3.8, 4) is 0 Å². The van der Waals surface area contributed by atoms with E-state index in [2.05, 4.69) is 19.2 Å². The van der Waals surface area contributed by atoms with Gasteiger partial charge in [0.05, 0.1) is 5.56 Å². The van der Waals surface area contributed by atoms with Crippen molar-refractivity contribution >= 4 is 11.6 Å². The zero-order valence-electron chi connectivity index (χ0n) is 13.1. The first-order chi connectivity index (χ1) is 9.43. The second kappa shape index (κ2) is 5.86. The van der Waals surface area contributed by atoms with E-state index in [9.17, 15) is 4.79 Å². The van der Waals surface area contributed by atoms with Gasteiger partial charge in [0.2, 0.25) is 0 Å². The Labute approximate surface area is 122 Å². The van der Waals surface area contributed by atoms with Gasteiger partial charge in [-0.2, -0.15) is 0 Å². The molecule has 1 aliphatic rings. The number of aryl methyl sites for hydroxylation is 1. The third-order valence-corrected chi connectivity index (χ3v) is 4.30. The number of rotatable bonds is 2. The number of hydrogen-bond donors (Lipinski definition) is 1. The highest BCUT2D eigenvalue weighted by molar-refractivity contribution is 5.99. The van der Waals surface area contributed by atoms with E-state index in [0.29, 0.717) is 5.41 Å². The largest absolute Gasteiger partial charge is 0.387 e. The summed E-state index contributed by atoms with van der Waals surface area (Å²) < 4.78 is 0. The highest BCUT2D eigenvalue weighted by atomic mass is 16.2. The van der Waals surface area contributed by atoms with E-state index >= 15 is 0 Å². The first-order valence-electron chi connectivity index (χ1n) is 7.51. The number of amides is 1. The van der Waals surface area contributed by atoms with Crippen molar-refractivity contribution in [1.82, 2.24) is 4.90 Å². The van der Waals surface area contributed by atoms with Crippen molar-refractivity contribution in [3.63, 3.8) is 0 Å². The number of anilines is 1. The molecule has 1 heterocycles. The lowest BCUT2D eigenvalue weighted by Crippen LogP contribution is -2.32. The second-order valence-electron chi connectivity index (χ2n) is 6.61.